The summed E-state index contributed by atoms with van der Waals surface area (Å²) in [6, 6.07) is 4.58. The molecule has 5 heteroatoms. The largest absolute Gasteiger partial charge is 0.346 e. The molecule has 0 aliphatic carbocycles. The Bertz CT molecular complexity index is 604. The van der Waals surface area contributed by atoms with Crippen LogP contribution < -0.4 is 10.6 Å². The summed E-state index contributed by atoms with van der Waals surface area (Å²) in [5.41, 5.74) is 4.09. The van der Waals surface area contributed by atoms with Gasteiger partial charge in [-0.3, -0.25) is 14.5 Å². The minimum Gasteiger partial charge on any atom is -0.346 e. The van der Waals surface area contributed by atoms with E-state index in [0.717, 1.165) is 42.6 Å². The van der Waals surface area contributed by atoms with Crippen molar-refractivity contribution in [3.63, 3.8) is 0 Å². The summed E-state index contributed by atoms with van der Waals surface area (Å²) in [5, 5.41) is 5.67. The van der Waals surface area contributed by atoms with Crippen molar-refractivity contribution < 1.29 is 9.59 Å². The molecule has 1 atom stereocenters. The summed E-state index contributed by atoms with van der Waals surface area (Å²) in [6.45, 7) is 9.53. The van der Waals surface area contributed by atoms with Gasteiger partial charge >= 0.3 is 0 Å². The van der Waals surface area contributed by atoms with Crippen molar-refractivity contribution in [3.8, 4) is 0 Å². The van der Waals surface area contributed by atoms with Crippen LogP contribution in [-0.2, 0) is 9.59 Å². The van der Waals surface area contributed by atoms with E-state index in [9.17, 15) is 9.59 Å². The lowest BCUT2D eigenvalue weighted by atomic mass is 10.0. The van der Waals surface area contributed by atoms with Crippen LogP contribution in [0.4, 0.5) is 5.69 Å². The fraction of sp³-hybridized carbons (Fsp3) is 0.600. The fourth-order valence-corrected chi connectivity index (χ4v) is 3.71. The zero-order valence-corrected chi connectivity index (χ0v) is 15.9. The van der Waals surface area contributed by atoms with E-state index >= 15 is 0 Å². The van der Waals surface area contributed by atoms with Crippen LogP contribution in [0.25, 0.3) is 0 Å². The molecule has 2 rings (SSSR count). The van der Waals surface area contributed by atoms with E-state index in [0.29, 0.717) is 12.6 Å². The lowest BCUT2D eigenvalue weighted by Gasteiger charge is -2.34. The van der Waals surface area contributed by atoms with Gasteiger partial charge in [0, 0.05) is 11.7 Å². The predicted octanol–water partition coefficient (Wildman–Crippen LogP) is 2.93. The second-order valence-corrected chi connectivity index (χ2v) is 7.13. The molecule has 0 bridgehead atoms. The molecule has 1 aliphatic heterocycles. The Hall–Kier alpha value is -1.88. The first-order valence-corrected chi connectivity index (χ1v) is 9.29. The molecular weight excluding hydrogens is 314 g/mol. The van der Waals surface area contributed by atoms with Crippen molar-refractivity contribution in [1.82, 2.24) is 10.2 Å². The summed E-state index contributed by atoms with van der Waals surface area (Å²) in [7, 11) is 0. The van der Waals surface area contributed by atoms with Crippen molar-refractivity contribution in [3.05, 3.63) is 28.8 Å². The van der Waals surface area contributed by atoms with E-state index in [1.165, 1.54) is 12.0 Å². The van der Waals surface area contributed by atoms with Crippen molar-refractivity contribution in [2.24, 2.45) is 0 Å². The van der Waals surface area contributed by atoms with Crippen LogP contribution in [0, 0.1) is 20.8 Å². The van der Waals surface area contributed by atoms with Gasteiger partial charge in [0.15, 0.2) is 0 Å². The summed E-state index contributed by atoms with van der Waals surface area (Å²) in [4.78, 5) is 26.6. The van der Waals surface area contributed by atoms with Crippen LogP contribution in [0.1, 0.15) is 49.3 Å². The molecule has 5 nitrogen and oxygen atoms in total. The Morgan fingerprint density at radius 2 is 1.80 bits per heavy atom. The molecule has 1 aromatic rings. The molecule has 0 saturated carbocycles. The van der Waals surface area contributed by atoms with E-state index in [1.54, 1.807) is 0 Å². The number of piperidine rings is 1. The molecule has 1 fully saturated rings. The van der Waals surface area contributed by atoms with Crippen LogP contribution in [-0.4, -0.2) is 42.4 Å². The molecule has 2 N–H and O–H groups in total. The highest BCUT2D eigenvalue weighted by atomic mass is 16.2. The Kier molecular flexibility index (Phi) is 7.00. The van der Waals surface area contributed by atoms with Gasteiger partial charge in [-0.15, -0.1) is 0 Å². The maximum absolute atomic E-state index is 12.2. The first kappa shape index (κ1) is 19.4. The second-order valence-electron chi connectivity index (χ2n) is 7.13. The molecule has 0 radical (unpaired) electrons. The molecule has 0 aromatic heterocycles. The highest BCUT2D eigenvalue weighted by Crippen LogP contribution is 2.21. The number of hydrogen-bond donors (Lipinski definition) is 2. The standard InChI is InChI=1S/C20H31N3O2/c1-5-17-8-6-7-9-23(17)13-19(25)21-12-18(24)22-20-15(3)10-14(2)11-16(20)4/h10-11,17H,5-9,12-13H2,1-4H3,(H,21,25)(H,22,24). The molecule has 1 heterocycles. The van der Waals surface area contributed by atoms with Gasteiger partial charge in [0.25, 0.3) is 0 Å². The number of amides is 2. The van der Waals surface area contributed by atoms with E-state index in [4.69, 9.17) is 0 Å². The van der Waals surface area contributed by atoms with E-state index in [1.807, 2.05) is 32.9 Å². The van der Waals surface area contributed by atoms with E-state index in [-0.39, 0.29) is 18.4 Å². The molecule has 1 saturated heterocycles. The Morgan fingerprint density at radius 1 is 1.12 bits per heavy atom. The van der Waals surface area contributed by atoms with Gasteiger partial charge in [0.05, 0.1) is 13.1 Å². The summed E-state index contributed by atoms with van der Waals surface area (Å²) in [6.07, 6.45) is 4.63. The highest BCUT2D eigenvalue weighted by Gasteiger charge is 2.22. The molecule has 25 heavy (non-hydrogen) atoms. The van der Waals surface area contributed by atoms with Crippen LogP contribution in [0.2, 0.25) is 0 Å². The van der Waals surface area contributed by atoms with Gasteiger partial charge < -0.3 is 10.6 Å². The summed E-state index contributed by atoms with van der Waals surface area (Å²) in [5.74, 6) is -0.262. The number of likely N-dealkylation sites (tertiary alicyclic amines) is 1. The third-order valence-corrected chi connectivity index (χ3v) is 4.95. The van der Waals surface area contributed by atoms with Crippen molar-refractivity contribution in [2.75, 3.05) is 25.0 Å². The lowest BCUT2D eigenvalue weighted by molar-refractivity contribution is -0.125. The van der Waals surface area contributed by atoms with Crippen molar-refractivity contribution >= 4 is 17.5 Å². The average molecular weight is 345 g/mol. The zero-order chi connectivity index (χ0) is 18.4. The number of nitrogens with one attached hydrogen (secondary N) is 2. The molecular formula is C20H31N3O2. The molecule has 0 spiro atoms. The maximum atomic E-state index is 12.2. The Morgan fingerprint density at radius 3 is 2.44 bits per heavy atom. The van der Waals surface area contributed by atoms with Crippen LogP contribution in [0.3, 0.4) is 0 Å². The number of benzene rings is 1. The number of nitrogens with zero attached hydrogens (tertiary/aromatic N) is 1. The number of hydrogen-bond acceptors (Lipinski definition) is 3. The highest BCUT2D eigenvalue weighted by molar-refractivity contribution is 5.96. The average Bonchev–Trinajstić information content (AvgIpc) is 2.56. The second kappa shape index (κ2) is 8.99. The Balaban J connectivity index is 1.82. The fourth-order valence-electron chi connectivity index (χ4n) is 3.71. The van der Waals surface area contributed by atoms with Gasteiger partial charge in [0.2, 0.25) is 11.8 Å². The monoisotopic (exact) mass is 345 g/mol. The SMILES string of the molecule is CCC1CCCCN1CC(=O)NCC(=O)Nc1c(C)cc(C)cc1C. The zero-order valence-electron chi connectivity index (χ0n) is 15.9. The van der Waals surface area contributed by atoms with E-state index < -0.39 is 0 Å². The minimum atomic E-state index is -0.186. The summed E-state index contributed by atoms with van der Waals surface area (Å²) < 4.78 is 0. The van der Waals surface area contributed by atoms with Gasteiger partial charge in [-0.1, -0.05) is 31.0 Å². The van der Waals surface area contributed by atoms with Gasteiger partial charge in [0.1, 0.15) is 0 Å². The molecule has 1 unspecified atom stereocenters. The first-order chi connectivity index (χ1) is 11.9. The van der Waals surface area contributed by atoms with Gasteiger partial charge in [-0.05, 0) is 57.7 Å². The van der Waals surface area contributed by atoms with Gasteiger partial charge in [-0.25, -0.2) is 0 Å². The van der Waals surface area contributed by atoms with Crippen LogP contribution in [0.5, 0.6) is 0 Å². The third kappa shape index (κ3) is 5.56. The number of rotatable bonds is 6. The van der Waals surface area contributed by atoms with Crippen LogP contribution in [0.15, 0.2) is 12.1 Å². The number of anilines is 1. The lowest BCUT2D eigenvalue weighted by Crippen LogP contribution is -2.46. The number of aryl methyl sites for hydroxylation is 3. The predicted molar refractivity (Wildman–Crippen MR) is 102 cm³/mol. The smallest absolute Gasteiger partial charge is 0.243 e. The number of carbonyl (C=O) groups excluding carboxylic acids is 2. The topological polar surface area (TPSA) is 61.4 Å². The minimum absolute atomic E-state index is 0.0101. The molecule has 1 aromatic carbocycles. The first-order valence-electron chi connectivity index (χ1n) is 9.29. The van der Waals surface area contributed by atoms with E-state index in [2.05, 4.69) is 22.5 Å². The third-order valence-electron chi connectivity index (χ3n) is 4.95. The number of carbonyl (C=O) groups is 2. The summed E-state index contributed by atoms with van der Waals surface area (Å²) >= 11 is 0. The maximum Gasteiger partial charge on any atom is 0.243 e. The molecule has 1 aliphatic rings. The van der Waals surface area contributed by atoms with Crippen LogP contribution >= 0.6 is 0 Å². The molecule has 138 valence electrons. The normalized spacial score (nSPS) is 18.0. The van der Waals surface area contributed by atoms with Crippen molar-refractivity contribution in [1.29, 1.82) is 0 Å². The van der Waals surface area contributed by atoms with Gasteiger partial charge in [-0.2, -0.15) is 0 Å². The van der Waals surface area contributed by atoms with Crippen molar-refractivity contribution in [2.45, 2.75) is 59.4 Å². The molecule has 2 amide bonds. The quantitative estimate of drug-likeness (QED) is 0.833. The Labute approximate surface area is 151 Å².